The molecule has 11 aromatic rings. The fraction of sp³-hybridized carbons (Fsp3) is 0.165. The van der Waals surface area contributed by atoms with Crippen LogP contribution in [-0.4, -0.2) is 21.8 Å². The zero-order valence-electron chi connectivity index (χ0n) is 50.3. The van der Waals surface area contributed by atoms with Crippen molar-refractivity contribution < 1.29 is 4.74 Å². The fourth-order valence-electron chi connectivity index (χ4n) is 14.6. The molecule has 16 rings (SSSR count). The molecule has 5 nitrogen and oxygen atoms in total. The van der Waals surface area contributed by atoms with Crippen LogP contribution in [0.4, 0.5) is 68.2 Å². The molecule has 0 atom stereocenters. The zero-order chi connectivity index (χ0) is 58.1. The van der Waals surface area contributed by atoms with Crippen LogP contribution in [0.1, 0.15) is 88.9 Å². The summed E-state index contributed by atoms with van der Waals surface area (Å²) in [5, 5.41) is 0. The van der Waals surface area contributed by atoms with Crippen molar-refractivity contribution in [3.63, 3.8) is 0 Å². The maximum absolute atomic E-state index is 8.35. The topological polar surface area (TPSA) is 22.2 Å². The number of rotatable bonds is 8. The summed E-state index contributed by atoms with van der Waals surface area (Å²) in [7, 11) is 0. The van der Waals surface area contributed by atoms with E-state index in [-0.39, 0.29) is 0 Å². The first-order chi connectivity index (χ1) is 41.0. The van der Waals surface area contributed by atoms with Crippen molar-refractivity contribution in [3.8, 4) is 33.8 Å². The molecule has 11 aromatic carbocycles. The third-order valence-electron chi connectivity index (χ3n) is 19.0. The number of ether oxygens (including phenoxy) is 1. The Labute approximate surface area is 508 Å². The predicted octanol–water partition coefficient (Wildman–Crippen LogP) is 19.6. The number of fused-ring (bicyclic) bond motifs is 8. The predicted molar refractivity (Wildman–Crippen MR) is 358 cm³/mol. The van der Waals surface area contributed by atoms with E-state index in [1.54, 1.807) is 0 Å². The van der Waals surface area contributed by atoms with Gasteiger partial charge in [0.2, 0.25) is 0 Å². The molecule has 0 unspecified atom stereocenters. The molecule has 0 radical (unpaired) electrons. The summed E-state index contributed by atoms with van der Waals surface area (Å²) in [6, 6.07) is 78.9. The summed E-state index contributed by atoms with van der Waals surface area (Å²) in [5.41, 5.74) is 32.3. The number of nitrogens with zero attached hydrogens (tertiary/aromatic N) is 4. The van der Waals surface area contributed by atoms with Gasteiger partial charge in [0.25, 0.3) is 0 Å². The summed E-state index contributed by atoms with van der Waals surface area (Å²) in [6.45, 7) is 25.2. The normalized spacial score (nSPS) is 14.7. The fourth-order valence-corrected chi connectivity index (χ4v) is 26.2. The Kier molecular flexibility index (Phi) is 11.4. The van der Waals surface area contributed by atoms with E-state index >= 15 is 0 Å². The summed E-state index contributed by atoms with van der Waals surface area (Å²) in [4.78, 5) is 10.1. The Morgan fingerprint density at radius 2 is 0.600 bits per heavy atom. The summed E-state index contributed by atoms with van der Waals surface area (Å²) in [6.07, 6.45) is 0. The van der Waals surface area contributed by atoms with Gasteiger partial charge in [0.1, 0.15) is 0 Å². The molecule has 0 amide bonds. The molecule has 0 N–H and O–H groups in total. The van der Waals surface area contributed by atoms with Crippen LogP contribution in [0.3, 0.4) is 0 Å². The van der Waals surface area contributed by atoms with Gasteiger partial charge < -0.3 is 0 Å². The van der Waals surface area contributed by atoms with Gasteiger partial charge in [-0.15, -0.1) is 0 Å². The van der Waals surface area contributed by atoms with Crippen LogP contribution in [0, 0.1) is 48.5 Å². The maximum atomic E-state index is 8.35. The first-order valence-corrected chi connectivity index (χ1v) is 35.2. The number of benzene rings is 11. The molecule has 0 fully saturated rings. The van der Waals surface area contributed by atoms with Crippen molar-refractivity contribution in [3.05, 3.63) is 267 Å². The van der Waals surface area contributed by atoms with E-state index in [2.05, 4.69) is 302 Å². The third kappa shape index (κ3) is 7.70. The minimum atomic E-state index is -3.50. The van der Waals surface area contributed by atoms with E-state index in [0.29, 0.717) is 0 Å². The molecule has 0 aromatic heterocycles. The van der Waals surface area contributed by atoms with Crippen LogP contribution in [0.2, 0.25) is 0 Å². The van der Waals surface area contributed by atoms with E-state index in [0.717, 1.165) is 57.0 Å². The molecule has 0 saturated heterocycles. The van der Waals surface area contributed by atoms with Gasteiger partial charge in [-0.25, -0.2) is 0 Å². The zero-order valence-corrected chi connectivity index (χ0v) is 53.8. The van der Waals surface area contributed by atoms with Gasteiger partial charge in [-0.2, -0.15) is 0 Å². The SMILES string of the molecule is Cc1ccc(N(c2ccc(C)cc2)c2ccc3c(c2)C(C)(C)c2c-3cc3[c]4c2Oc2[c]5c(cc6c2C(C)(C)c2cc(N(c7ccc(C)cc7)c7ccc(C)cc7)ccc2-6)N(c2ccc(C)cc2)c2cc(C)cc([c]2[Bi]45)N3c2ccc(C)cc2)cc1. The van der Waals surface area contributed by atoms with E-state index in [1.807, 2.05) is 0 Å². The van der Waals surface area contributed by atoms with E-state index < -0.39 is 32.6 Å². The van der Waals surface area contributed by atoms with Crippen molar-refractivity contribution in [1.82, 2.24) is 0 Å². The molecule has 0 saturated carbocycles. The van der Waals surface area contributed by atoms with Crippen molar-refractivity contribution in [2.24, 2.45) is 0 Å². The monoisotopic (exact) mass is 1300 g/mol. The summed E-state index contributed by atoms with van der Waals surface area (Å²) < 4.78 is 12.7. The molecule has 0 bridgehead atoms. The molecule has 5 aliphatic rings. The Balaban J connectivity index is 0.961. The third-order valence-corrected chi connectivity index (χ3v) is 29.3. The van der Waals surface area contributed by atoms with Crippen molar-refractivity contribution in [2.75, 3.05) is 19.6 Å². The molecule has 3 aliphatic heterocycles. The summed E-state index contributed by atoms with van der Waals surface area (Å²) in [5.74, 6) is 2.15. The van der Waals surface area contributed by atoms with Crippen LogP contribution in [0.5, 0.6) is 11.5 Å². The summed E-state index contributed by atoms with van der Waals surface area (Å²) >= 11 is -3.50. The van der Waals surface area contributed by atoms with Crippen LogP contribution in [0.25, 0.3) is 22.3 Å². The standard InChI is InChI=1S/C79H67N4O.Bi/c1-49-12-24-56(25-13-49)80(57-26-14-50(2)15-27-57)62-36-38-68-70-43-66-47-74(76(70)78(8,9)72(68)45-62)84-75-48-67(83(61-34-22-54(6)23-35-61)65-41-55(7)40-64(42-65)82(66)60-32-20-53(5)21-33-60)44-71-69-39-37-63(46-73(69)79(10,11)77(71)75)81(58-28-16-51(3)17-29-58)59-30-18-52(4)19-31-59;/h12-41,43-46H,1-11H3;. The Morgan fingerprint density at radius 3 is 0.929 bits per heavy atom. The van der Waals surface area contributed by atoms with Crippen LogP contribution in [0.15, 0.2) is 206 Å². The van der Waals surface area contributed by atoms with Gasteiger partial charge in [-0.3, -0.25) is 0 Å². The molecular weight excluding hydrogens is 1230 g/mol. The number of anilines is 12. The number of hydrogen-bond acceptors (Lipinski definition) is 5. The van der Waals surface area contributed by atoms with Gasteiger partial charge in [-0.05, 0) is 27.7 Å². The Bertz CT molecular complexity index is 4230. The number of hydrogen-bond donors (Lipinski definition) is 0. The van der Waals surface area contributed by atoms with Gasteiger partial charge in [-0.1, -0.05) is 0 Å². The average Bonchev–Trinajstić information content (AvgIpc) is 1.67. The molecule has 85 heavy (non-hydrogen) atoms. The first kappa shape index (κ1) is 51.9. The van der Waals surface area contributed by atoms with Crippen molar-refractivity contribution in [1.29, 1.82) is 0 Å². The second-order valence-corrected chi connectivity index (χ2v) is 33.5. The van der Waals surface area contributed by atoms with Crippen LogP contribution < -0.4 is 34.2 Å². The average molecular weight is 1300 g/mol. The second kappa shape index (κ2) is 18.7. The van der Waals surface area contributed by atoms with E-state index in [4.69, 9.17) is 4.74 Å². The van der Waals surface area contributed by atoms with Gasteiger partial charge in [0.05, 0.1) is 0 Å². The quantitative estimate of drug-likeness (QED) is 0.141. The first-order valence-electron chi connectivity index (χ1n) is 30.0. The molecule has 414 valence electrons. The van der Waals surface area contributed by atoms with Crippen molar-refractivity contribution >= 4 is 99.8 Å². The second-order valence-electron chi connectivity index (χ2n) is 25.6. The number of aryl methyl sites for hydroxylation is 7. The Hall–Kier alpha value is -8.70. The van der Waals surface area contributed by atoms with E-state index in [9.17, 15) is 0 Å². The molecule has 0 spiro atoms. The van der Waals surface area contributed by atoms with Gasteiger partial charge in [0.15, 0.2) is 0 Å². The Morgan fingerprint density at radius 1 is 0.306 bits per heavy atom. The molecular formula is C79H67BiN4O. The van der Waals surface area contributed by atoms with Crippen LogP contribution in [-0.2, 0) is 10.8 Å². The van der Waals surface area contributed by atoms with Crippen molar-refractivity contribution in [2.45, 2.75) is 87.0 Å². The molecule has 3 heterocycles. The van der Waals surface area contributed by atoms with Gasteiger partial charge >= 0.3 is 485 Å². The minimum absolute atomic E-state index is 0.434. The molecule has 2 aliphatic carbocycles. The van der Waals surface area contributed by atoms with Crippen LogP contribution >= 0.6 is 0 Å². The van der Waals surface area contributed by atoms with Gasteiger partial charge in [0, 0.05) is 0 Å². The molecule has 6 heteroatoms. The van der Waals surface area contributed by atoms with E-state index in [1.165, 1.54) is 116 Å².